The summed E-state index contributed by atoms with van der Waals surface area (Å²) < 4.78 is 5.51. The van der Waals surface area contributed by atoms with Gasteiger partial charge >= 0.3 is 0 Å². The van der Waals surface area contributed by atoms with Gasteiger partial charge in [0.15, 0.2) is 0 Å². The average Bonchev–Trinajstić information content (AvgIpc) is 2.83. The fourth-order valence-electron chi connectivity index (χ4n) is 4.38. The van der Waals surface area contributed by atoms with Gasteiger partial charge in [-0.25, -0.2) is 0 Å². The lowest BCUT2D eigenvalue weighted by Gasteiger charge is -2.21. The molecule has 0 aliphatic heterocycles. The molecule has 2 N–H and O–H groups in total. The molecule has 5 aromatic carbocycles. The highest BCUT2D eigenvalue weighted by molar-refractivity contribution is 6.08. The van der Waals surface area contributed by atoms with E-state index in [1.54, 1.807) is 13.2 Å². The summed E-state index contributed by atoms with van der Waals surface area (Å²) in [6.45, 7) is 0. The van der Waals surface area contributed by atoms with Crippen molar-refractivity contribution in [2.45, 2.75) is 6.10 Å². The topological polar surface area (TPSA) is 49.7 Å². The first-order chi connectivity index (χ1) is 15.2. The highest BCUT2D eigenvalue weighted by Crippen LogP contribution is 2.45. The van der Waals surface area contributed by atoms with Crippen molar-refractivity contribution in [3.8, 4) is 22.6 Å². The minimum absolute atomic E-state index is 0.184. The summed E-state index contributed by atoms with van der Waals surface area (Å²) in [7, 11) is 1.60. The van der Waals surface area contributed by atoms with Gasteiger partial charge in [0.25, 0.3) is 0 Å². The molecule has 3 heteroatoms. The van der Waals surface area contributed by atoms with E-state index < -0.39 is 6.10 Å². The first kappa shape index (κ1) is 19.2. The van der Waals surface area contributed by atoms with Crippen molar-refractivity contribution < 1.29 is 14.9 Å². The molecule has 1 atom stereocenters. The van der Waals surface area contributed by atoms with E-state index in [1.807, 2.05) is 91.0 Å². The molecule has 0 aliphatic rings. The third-order valence-corrected chi connectivity index (χ3v) is 5.85. The number of aliphatic hydroxyl groups excluding tert-OH is 1. The number of rotatable bonds is 4. The van der Waals surface area contributed by atoms with Crippen LogP contribution in [0.15, 0.2) is 97.1 Å². The predicted octanol–water partition coefficient (Wildman–Crippen LogP) is 6.46. The van der Waals surface area contributed by atoms with Crippen molar-refractivity contribution in [3.05, 3.63) is 108 Å². The van der Waals surface area contributed by atoms with Crippen molar-refractivity contribution in [1.82, 2.24) is 0 Å². The Morgan fingerprint density at radius 1 is 0.613 bits per heavy atom. The average molecular weight is 406 g/mol. The molecule has 0 radical (unpaired) electrons. The number of phenolic OH excluding ortho intramolecular Hbond substituents is 1. The van der Waals surface area contributed by atoms with Crippen LogP contribution in [0, 0.1) is 0 Å². The van der Waals surface area contributed by atoms with Gasteiger partial charge in [-0.3, -0.25) is 0 Å². The maximum atomic E-state index is 11.5. The fourth-order valence-corrected chi connectivity index (χ4v) is 4.38. The zero-order valence-electron chi connectivity index (χ0n) is 17.1. The number of fused-ring (bicyclic) bond motifs is 2. The monoisotopic (exact) mass is 406 g/mol. The molecule has 5 aromatic rings. The van der Waals surface area contributed by atoms with Crippen molar-refractivity contribution in [1.29, 1.82) is 0 Å². The first-order valence-electron chi connectivity index (χ1n) is 10.2. The standard InChI is InChI=1S/C28H22O3/c1-31-25-13-7-6-12-22(25)28(30)23-16-14-18-8-2-4-10-20(18)26(23)27-21-11-5-3-9-19(21)15-17-24(27)29/h2-17,28-30H,1H3/t28-/m0/s1. The third kappa shape index (κ3) is 3.20. The van der Waals surface area contributed by atoms with Gasteiger partial charge in [-0.15, -0.1) is 0 Å². The molecule has 152 valence electrons. The lowest BCUT2D eigenvalue weighted by atomic mass is 9.86. The zero-order valence-corrected chi connectivity index (χ0v) is 17.1. The van der Waals surface area contributed by atoms with Gasteiger partial charge in [0.05, 0.1) is 7.11 Å². The molecule has 0 bridgehead atoms. The van der Waals surface area contributed by atoms with Crippen LogP contribution in [0.4, 0.5) is 0 Å². The highest BCUT2D eigenvalue weighted by Gasteiger charge is 2.23. The summed E-state index contributed by atoms with van der Waals surface area (Å²) in [5, 5.41) is 26.5. The van der Waals surface area contributed by atoms with Gasteiger partial charge in [0, 0.05) is 11.1 Å². The van der Waals surface area contributed by atoms with Crippen LogP contribution in [-0.2, 0) is 0 Å². The van der Waals surface area contributed by atoms with Gasteiger partial charge in [-0.1, -0.05) is 84.9 Å². The van der Waals surface area contributed by atoms with Gasteiger partial charge < -0.3 is 14.9 Å². The molecular weight excluding hydrogens is 384 g/mol. The summed E-state index contributed by atoms with van der Waals surface area (Å²) >= 11 is 0. The minimum atomic E-state index is -0.922. The van der Waals surface area contributed by atoms with Crippen molar-refractivity contribution >= 4 is 21.5 Å². The molecule has 0 spiro atoms. The number of ether oxygens (including phenoxy) is 1. The van der Waals surface area contributed by atoms with E-state index in [0.29, 0.717) is 11.3 Å². The predicted molar refractivity (Wildman–Crippen MR) is 126 cm³/mol. The van der Waals surface area contributed by atoms with Crippen LogP contribution in [0.3, 0.4) is 0 Å². The number of aromatic hydroxyl groups is 1. The maximum Gasteiger partial charge on any atom is 0.125 e. The Kier molecular flexibility index (Phi) is 4.81. The van der Waals surface area contributed by atoms with E-state index in [9.17, 15) is 10.2 Å². The Labute approximate surface area is 180 Å². The first-order valence-corrected chi connectivity index (χ1v) is 10.2. The van der Waals surface area contributed by atoms with Crippen LogP contribution in [0.2, 0.25) is 0 Å². The Balaban J connectivity index is 1.88. The normalized spacial score (nSPS) is 12.2. The minimum Gasteiger partial charge on any atom is -0.507 e. The molecule has 0 unspecified atom stereocenters. The smallest absolute Gasteiger partial charge is 0.125 e. The molecule has 0 aliphatic carbocycles. The van der Waals surface area contributed by atoms with Crippen LogP contribution < -0.4 is 4.74 Å². The van der Waals surface area contributed by atoms with Gasteiger partial charge in [0.2, 0.25) is 0 Å². The molecule has 0 saturated carbocycles. The molecule has 0 fully saturated rings. The van der Waals surface area contributed by atoms with Gasteiger partial charge in [-0.2, -0.15) is 0 Å². The quantitative estimate of drug-likeness (QED) is 0.360. The van der Waals surface area contributed by atoms with E-state index in [1.165, 1.54) is 0 Å². The van der Waals surface area contributed by atoms with E-state index in [0.717, 1.165) is 38.2 Å². The lowest BCUT2D eigenvalue weighted by Crippen LogP contribution is -2.05. The number of hydrogen-bond acceptors (Lipinski definition) is 3. The molecule has 0 amide bonds. The van der Waals surface area contributed by atoms with E-state index in [4.69, 9.17) is 4.74 Å². The summed E-state index contributed by atoms with van der Waals surface area (Å²) in [5.74, 6) is 0.805. The van der Waals surface area contributed by atoms with Crippen molar-refractivity contribution in [2.75, 3.05) is 7.11 Å². The fraction of sp³-hybridized carbons (Fsp3) is 0.0714. The van der Waals surface area contributed by atoms with E-state index >= 15 is 0 Å². The Morgan fingerprint density at radius 2 is 1.19 bits per heavy atom. The van der Waals surface area contributed by atoms with Crippen LogP contribution >= 0.6 is 0 Å². The molecule has 0 heterocycles. The summed E-state index contributed by atoms with van der Waals surface area (Å²) in [5.41, 5.74) is 2.95. The van der Waals surface area contributed by atoms with Gasteiger partial charge in [0.1, 0.15) is 17.6 Å². The largest absolute Gasteiger partial charge is 0.507 e. The van der Waals surface area contributed by atoms with Crippen LogP contribution in [0.1, 0.15) is 17.2 Å². The second-order valence-corrected chi connectivity index (χ2v) is 7.58. The van der Waals surface area contributed by atoms with E-state index in [-0.39, 0.29) is 5.75 Å². The Morgan fingerprint density at radius 3 is 1.90 bits per heavy atom. The Hall–Kier alpha value is -3.82. The molecular formula is C28H22O3. The maximum absolute atomic E-state index is 11.5. The molecule has 3 nitrogen and oxygen atoms in total. The molecule has 0 aromatic heterocycles. The molecule has 5 rings (SSSR count). The summed E-state index contributed by atoms with van der Waals surface area (Å²) in [6.07, 6.45) is -0.922. The summed E-state index contributed by atoms with van der Waals surface area (Å²) in [6, 6.07) is 31.1. The Bertz CT molecular complexity index is 1400. The number of para-hydroxylation sites is 1. The zero-order chi connectivity index (χ0) is 21.4. The second-order valence-electron chi connectivity index (χ2n) is 7.58. The van der Waals surface area contributed by atoms with Crippen molar-refractivity contribution in [3.63, 3.8) is 0 Å². The number of benzene rings is 5. The number of hydrogen-bond donors (Lipinski definition) is 2. The van der Waals surface area contributed by atoms with Crippen molar-refractivity contribution in [2.24, 2.45) is 0 Å². The van der Waals surface area contributed by atoms with E-state index in [2.05, 4.69) is 0 Å². The summed E-state index contributed by atoms with van der Waals surface area (Å²) in [4.78, 5) is 0. The van der Waals surface area contributed by atoms with Crippen LogP contribution in [0.25, 0.3) is 32.7 Å². The lowest BCUT2D eigenvalue weighted by molar-refractivity contribution is 0.215. The highest BCUT2D eigenvalue weighted by atomic mass is 16.5. The SMILES string of the molecule is COc1ccccc1[C@H](O)c1ccc2ccccc2c1-c1c(O)ccc2ccccc12. The van der Waals surface area contributed by atoms with Gasteiger partial charge in [-0.05, 0) is 44.8 Å². The van der Waals surface area contributed by atoms with Crippen LogP contribution in [-0.4, -0.2) is 17.3 Å². The second kappa shape index (κ2) is 7.78. The number of phenols is 1. The molecule has 0 saturated heterocycles. The molecule has 31 heavy (non-hydrogen) atoms. The third-order valence-electron chi connectivity index (χ3n) is 5.85. The number of aliphatic hydroxyl groups is 1. The number of methoxy groups -OCH3 is 1. The van der Waals surface area contributed by atoms with Crippen LogP contribution in [0.5, 0.6) is 11.5 Å².